The van der Waals surface area contributed by atoms with Gasteiger partial charge in [0.2, 0.25) is 0 Å². The van der Waals surface area contributed by atoms with E-state index in [9.17, 15) is 13.2 Å². The number of benzene rings is 2. The summed E-state index contributed by atoms with van der Waals surface area (Å²) in [5.41, 5.74) is 2.18. The van der Waals surface area contributed by atoms with Crippen molar-refractivity contribution in [2.75, 3.05) is 44.4 Å². The molecule has 2 aromatic rings. The molecule has 1 saturated heterocycles. The molecule has 9 heteroatoms. The first-order valence-corrected chi connectivity index (χ1v) is 12.9. The molecular weight excluding hydrogens is 446 g/mol. The maximum Gasteiger partial charge on any atom is 0.340 e. The van der Waals surface area contributed by atoms with Crippen LogP contribution in [0.4, 0.5) is 5.69 Å². The van der Waals surface area contributed by atoms with Crippen molar-refractivity contribution < 1.29 is 17.9 Å². The highest BCUT2D eigenvalue weighted by Gasteiger charge is 2.19. The predicted octanol–water partition coefficient (Wildman–Crippen LogP) is 3.17. The lowest BCUT2D eigenvalue weighted by Crippen LogP contribution is -2.38. The Morgan fingerprint density at radius 1 is 1.06 bits per heavy atom. The first kappa shape index (κ1) is 24.2. The number of ether oxygens (including phenoxy) is 1. The summed E-state index contributed by atoms with van der Waals surface area (Å²) < 4.78 is 28.4. The maximum absolute atomic E-state index is 12.2. The van der Waals surface area contributed by atoms with Gasteiger partial charge < -0.3 is 15.0 Å². The Morgan fingerprint density at radius 3 is 2.47 bits per heavy atom. The lowest BCUT2D eigenvalue weighted by Gasteiger charge is -2.25. The number of para-hydroxylation sites is 1. The fourth-order valence-corrected chi connectivity index (χ4v) is 4.53. The van der Waals surface area contributed by atoms with Crippen molar-refractivity contribution in [2.45, 2.75) is 24.8 Å². The van der Waals surface area contributed by atoms with Gasteiger partial charge in [-0.15, -0.1) is 0 Å². The topological polar surface area (TPSA) is 79.0 Å². The molecule has 0 aliphatic carbocycles. The molecule has 0 spiro atoms. The third-order valence-corrected chi connectivity index (χ3v) is 6.79. The molecule has 1 aliphatic heterocycles. The number of esters is 1. The second-order valence-electron chi connectivity index (χ2n) is 7.73. The standard InChI is InChI=1S/C23H29N3O4S2/c1-3-30-22(27)20-7-4-5-8-21(20)24-23(31)26-14-6-13-25(15-16-26)17-18-9-11-19(12-10-18)32(2,28)29/h4-5,7-12H,3,6,13-17H2,1-2H3,(H,24,31). The van der Waals surface area contributed by atoms with Gasteiger partial charge in [0.15, 0.2) is 14.9 Å². The number of anilines is 1. The monoisotopic (exact) mass is 475 g/mol. The van der Waals surface area contributed by atoms with Crippen molar-refractivity contribution in [3.63, 3.8) is 0 Å². The van der Waals surface area contributed by atoms with E-state index in [-0.39, 0.29) is 5.97 Å². The first-order chi connectivity index (χ1) is 15.3. The van der Waals surface area contributed by atoms with Gasteiger partial charge >= 0.3 is 5.97 Å². The van der Waals surface area contributed by atoms with Crippen LogP contribution < -0.4 is 5.32 Å². The summed E-state index contributed by atoms with van der Waals surface area (Å²) in [6, 6.07) is 14.3. The van der Waals surface area contributed by atoms with Crippen LogP contribution in [0.2, 0.25) is 0 Å². The fourth-order valence-electron chi connectivity index (χ4n) is 3.61. The van der Waals surface area contributed by atoms with Gasteiger partial charge in [0.25, 0.3) is 0 Å². The fraction of sp³-hybridized carbons (Fsp3) is 0.391. The normalized spacial score (nSPS) is 15.1. The molecular formula is C23H29N3O4S2. The average molecular weight is 476 g/mol. The zero-order valence-corrected chi connectivity index (χ0v) is 20.0. The lowest BCUT2D eigenvalue weighted by molar-refractivity contribution is 0.0527. The molecule has 172 valence electrons. The number of carbonyl (C=O) groups excluding carboxylic acids is 1. The molecule has 3 rings (SSSR count). The maximum atomic E-state index is 12.2. The summed E-state index contributed by atoms with van der Waals surface area (Å²) in [4.78, 5) is 17.0. The van der Waals surface area contributed by atoms with E-state index in [1.807, 2.05) is 24.3 Å². The highest BCUT2D eigenvalue weighted by Crippen LogP contribution is 2.18. The third kappa shape index (κ3) is 6.51. The summed E-state index contributed by atoms with van der Waals surface area (Å²) in [7, 11) is -3.18. The third-order valence-electron chi connectivity index (χ3n) is 5.30. The van der Waals surface area contributed by atoms with Crippen LogP contribution >= 0.6 is 12.2 Å². The summed E-state index contributed by atoms with van der Waals surface area (Å²) in [6.45, 7) is 6.18. The van der Waals surface area contributed by atoms with Crippen molar-refractivity contribution in [3.8, 4) is 0 Å². The molecule has 2 aromatic carbocycles. The highest BCUT2D eigenvalue weighted by molar-refractivity contribution is 7.90. The van der Waals surface area contributed by atoms with Crippen molar-refractivity contribution in [2.24, 2.45) is 0 Å². The summed E-state index contributed by atoms with van der Waals surface area (Å²) in [5, 5.41) is 3.80. The second-order valence-corrected chi connectivity index (χ2v) is 10.1. The number of hydrogen-bond donors (Lipinski definition) is 1. The summed E-state index contributed by atoms with van der Waals surface area (Å²) >= 11 is 5.63. The van der Waals surface area contributed by atoms with Crippen molar-refractivity contribution in [1.82, 2.24) is 9.80 Å². The number of thiocarbonyl (C=S) groups is 1. The molecule has 0 bridgehead atoms. The highest BCUT2D eigenvalue weighted by atomic mass is 32.2. The van der Waals surface area contributed by atoms with E-state index in [2.05, 4.69) is 15.1 Å². The van der Waals surface area contributed by atoms with Crippen molar-refractivity contribution >= 4 is 38.8 Å². The minimum Gasteiger partial charge on any atom is -0.462 e. The van der Waals surface area contributed by atoms with Gasteiger partial charge in [0.05, 0.1) is 22.8 Å². The number of nitrogens with one attached hydrogen (secondary N) is 1. The van der Waals surface area contributed by atoms with Crippen LogP contribution in [0.25, 0.3) is 0 Å². The SMILES string of the molecule is CCOC(=O)c1ccccc1NC(=S)N1CCCN(Cc2ccc(S(C)(=O)=O)cc2)CC1. The molecule has 0 unspecified atom stereocenters. The van der Waals surface area contributed by atoms with E-state index in [0.29, 0.717) is 27.9 Å². The molecule has 1 N–H and O–H groups in total. The number of nitrogens with zero attached hydrogens (tertiary/aromatic N) is 2. The Labute approximate surface area is 195 Å². The Balaban J connectivity index is 1.58. The Bertz CT molecular complexity index is 1060. The zero-order chi connectivity index (χ0) is 23.1. The van der Waals surface area contributed by atoms with Gasteiger partial charge in [0, 0.05) is 39.0 Å². The zero-order valence-electron chi connectivity index (χ0n) is 18.4. The predicted molar refractivity (Wildman–Crippen MR) is 130 cm³/mol. The summed E-state index contributed by atoms with van der Waals surface area (Å²) in [5.74, 6) is -0.373. The van der Waals surface area contributed by atoms with Crippen LogP contribution in [0.1, 0.15) is 29.3 Å². The quantitative estimate of drug-likeness (QED) is 0.504. The number of rotatable bonds is 6. The van der Waals surface area contributed by atoms with E-state index < -0.39 is 9.84 Å². The van der Waals surface area contributed by atoms with Crippen LogP contribution in [-0.2, 0) is 21.1 Å². The Morgan fingerprint density at radius 2 is 1.78 bits per heavy atom. The van der Waals surface area contributed by atoms with E-state index >= 15 is 0 Å². The second kappa shape index (κ2) is 10.9. The van der Waals surface area contributed by atoms with Crippen LogP contribution in [0.15, 0.2) is 53.4 Å². The van der Waals surface area contributed by atoms with Gasteiger partial charge in [-0.2, -0.15) is 0 Å². The molecule has 1 heterocycles. The van der Waals surface area contributed by atoms with Crippen LogP contribution in [0.3, 0.4) is 0 Å². The molecule has 32 heavy (non-hydrogen) atoms. The molecule has 1 aliphatic rings. The Hall–Kier alpha value is -2.49. The molecule has 0 atom stereocenters. The lowest BCUT2D eigenvalue weighted by atomic mass is 10.2. The van der Waals surface area contributed by atoms with E-state index in [1.54, 1.807) is 31.2 Å². The molecule has 0 radical (unpaired) electrons. The molecule has 0 amide bonds. The molecule has 0 saturated carbocycles. The Kier molecular flexibility index (Phi) is 8.22. The number of carbonyl (C=O) groups is 1. The number of hydrogen-bond acceptors (Lipinski definition) is 6. The molecule has 0 aromatic heterocycles. The van der Waals surface area contributed by atoms with E-state index in [0.717, 1.165) is 44.7 Å². The van der Waals surface area contributed by atoms with Crippen molar-refractivity contribution in [3.05, 3.63) is 59.7 Å². The van der Waals surface area contributed by atoms with Gasteiger partial charge in [0.1, 0.15) is 0 Å². The van der Waals surface area contributed by atoms with Gasteiger partial charge in [-0.25, -0.2) is 13.2 Å². The molecule has 1 fully saturated rings. The smallest absolute Gasteiger partial charge is 0.340 e. The first-order valence-electron chi connectivity index (χ1n) is 10.6. The molecule has 7 nitrogen and oxygen atoms in total. The van der Waals surface area contributed by atoms with Crippen LogP contribution in [-0.4, -0.2) is 68.3 Å². The van der Waals surface area contributed by atoms with E-state index in [1.165, 1.54) is 6.26 Å². The van der Waals surface area contributed by atoms with Gasteiger partial charge in [-0.05, 0) is 55.4 Å². The average Bonchev–Trinajstić information content (AvgIpc) is 3.00. The summed E-state index contributed by atoms with van der Waals surface area (Å²) in [6.07, 6.45) is 2.16. The van der Waals surface area contributed by atoms with Crippen molar-refractivity contribution in [1.29, 1.82) is 0 Å². The minimum atomic E-state index is -3.18. The van der Waals surface area contributed by atoms with E-state index in [4.69, 9.17) is 17.0 Å². The number of sulfone groups is 1. The van der Waals surface area contributed by atoms with Crippen LogP contribution in [0, 0.1) is 0 Å². The van der Waals surface area contributed by atoms with Gasteiger partial charge in [-0.3, -0.25) is 4.90 Å². The van der Waals surface area contributed by atoms with Gasteiger partial charge in [-0.1, -0.05) is 24.3 Å². The van der Waals surface area contributed by atoms with Crippen LogP contribution in [0.5, 0.6) is 0 Å². The largest absolute Gasteiger partial charge is 0.462 e. The minimum absolute atomic E-state index is 0.316.